The van der Waals surface area contributed by atoms with E-state index in [1.165, 1.54) is 0 Å². The lowest BCUT2D eigenvalue weighted by atomic mass is 9.95. The van der Waals surface area contributed by atoms with Crippen molar-refractivity contribution < 1.29 is 14.2 Å². The Bertz CT molecular complexity index is 999. The molecule has 6 nitrogen and oxygen atoms in total. The summed E-state index contributed by atoms with van der Waals surface area (Å²) in [6.07, 6.45) is 3.97. The van der Waals surface area contributed by atoms with Gasteiger partial charge in [-0.15, -0.1) is 0 Å². The van der Waals surface area contributed by atoms with Gasteiger partial charge < -0.3 is 24.4 Å². The van der Waals surface area contributed by atoms with Gasteiger partial charge in [-0.3, -0.25) is 4.79 Å². The summed E-state index contributed by atoms with van der Waals surface area (Å²) < 4.78 is 17.1. The van der Waals surface area contributed by atoms with Gasteiger partial charge in [0.05, 0.1) is 27.0 Å². The Balaban J connectivity index is 2.02. The summed E-state index contributed by atoms with van der Waals surface area (Å²) in [5.74, 6) is 1.87. The molecule has 0 saturated carbocycles. The van der Waals surface area contributed by atoms with Crippen LogP contribution in [0.2, 0.25) is 0 Å². The maximum atomic E-state index is 13.2. The Morgan fingerprint density at radius 2 is 1.73 bits per heavy atom. The summed E-state index contributed by atoms with van der Waals surface area (Å²) in [7, 11) is 6.85. The summed E-state index contributed by atoms with van der Waals surface area (Å²) in [4.78, 5) is 15.4. The topological polar surface area (TPSA) is 60.0 Å². The van der Waals surface area contributed by atoms with Crippen molar-refractivity contribution >= 4 is 5.69 Å². The third-order valence-electron chi connectivity index (χ3n) is 6.31. The van der Waals surface area contributed by atoms with E-state index in [2.05, 4.69) is 16.3 Å². The number of benzene rings is 1. The van der Waals surface area contributed by atoms with Crippen LogP contribution in [0.1, 0.15) is 36.4 Å². The van der Waals surface area contributed by atoms with Crippen molar-refractivity contribution in [1.82, 2.24) is 5.32 Å². The molecule has 160 valence electrons. The molecular formula is C24H30N2O4. The molecule has 2 aromatic carbocycles. The highest BCUT2D eigenvalue weighted by Crippen LogP contribution is 2.50. The molecule has 0 aromatic heterocycles. The lowest BCUT2D eigenvalue weighted by Gasteiger charge is -2.19. The zero-order valence-corrected chi connectivity index (χ0v) is 18.2. The maximum Gasteiger partial charge on any atom is 0.203 e. The highest BCUT2D eigenvalue weighted by Gasteiger charge is 2.29. The second-order valence-electron chi connectivity index (χ2n) is 7.85. The van der Waals surface area contributed by atoms with Crippen LogP contribution >= 0.6 is 0 Å². The standard InChI is InChI=1S/C24H30N2O4/c1-25-18-9-7-15-13-21(28-2)23(29-3)24(30-4)22(15)16-8-10-19(20(27)14-17(16)18)26-11-5-6-12-26/h8,10,13-14,18,25H,5-7,9,11-12H2,1-4H3. The number of aryl methyl sites for hydroxylation is 1. The van der Waals surface area contributed by atoms with E-state index < -0.39 is 0 Å². The minimum absolute atomic E-state index is 0.0700. The smallest absolute Gasteiger partial charge is 0.203 e. The molecule has 2 aliphatic rings. The lowest BCUT2D eigenvalue weighted by molar-refractivity contribution is 0.324. The van der Waals surface area contributed by atoms with Crippen molar-refractivity contribution in [2.45, 2.75) is 31.7 Å². The predicted octanol–water partition coefficient (Wildman–Crippen LogP) is 3.55. The van der Waals surface area contributed by atoms with Gasteiger partial charge in [0.1, 0.15) is 0 Å². The monoisotopic (exact) mass is 410 g/mol. The predicted molar refractivity (Wildman–Crippen MR) is 119 cm³/mol. The molecule has 1 aliphatic carbocycles. The average Bonchev–Trinajstić information content (AvgIpc) is 3.18. The number of rotatable bonds is 5. The number of hydrogen-bond donors (Lipinski definition) is 1. The molecular weight excluding hydrogens is 380 g/mol. The Morgan fingerprint density at radius 1 is 1.00 bits per heavy atom. The maximum absolute atomic E-state index is 13.2. The van der Waals surface area contributed by atoms with Gasteiger partial charge in [0.15, 0.2) is 11.5 Å². The first kappa shape index (κ1) is 20.5. The van der Waals surface area contributed by atoms with E-state index >= 15 is 0 Å². The van der Waals surface area contributed by atoms with Crippen molar-refractivity contribution in [2.75, 3.05) is 46.4 Å². The van der Waals surface area contributed by atoms with Crippen LogP contribution in [-0.2, 0) is 6.42 Å². The second kappa shape index (κ2) is 8.56. The molecule has 0 amide bonds. The number of nitrogens with zero attached hydrogens (tertiary/aromatic N) is 1. The van der Waals surface area contributed by atoms with Crippen LogP contribution in [0.5, 0.6) is 17.2 Å². The van der Waals surface area contributed by atoms with Gasteiger partial charge in [-0.1, -0.05) is 6.07 Å². The molecule has 1 atom stereocenters. The van der Waals surface area contributed by atoms with E-state index in [4.69, 9.17) is 14.2 Å². The Labute approximate surface area is 177 Å². The zero-order chi connectivity index (χ0) is 21.3. The minimum atomic E-state index is 0.0700. The Hall–Kier alpha value is -2.73. The van der Waals surface area contributed by atoms with Gasteiger partial charge in [0, 0.05) is 24.7 Å². The van der Waals surface area contributed by atoms with Gasteiger partial charge >= 0.3 is 0 Å². The van der Waals surface area contributed by atoms with Crippen molar-refractivity contribution in [3.8, 4) is 28.4 Å². The van der Waals surface area contributed by atoms with Crippen molar-refractivity contribution in [3.63, 3.8) is 0 Å². The van der Waals surface area contributed by atoms with E-state index in [0.29, 0.717) is 17.2 Å². The lowest BCUT2D eigenvalue weighted by Crippen LogP contribution is -2.23. The first-order chi connectivity index (χ1) is 14.6. The molecule has 1 heterocycles. The van der Waals surface area contributed by atoms with Gasteiger partial charge in [-0.2, -0.15) is 0 Å². The summed E-state index contributed by atoms with van der Waals surface area (Å²) in [6, 6.07) is 7.97. The number of anilines is 1. The molecule has 30 heavy (non-hydrogen) atoms. The van der Waals surface area contributed by atoms with E-state index in [9.17, 15) is 4.79 Å². The molecule has 0 radical (unpaired) electrons. The van der Waals surface area contributed by atoms with Crippen molar-refractivity contribution in [2.24, 2.45) is 0 Å². The molecule has 2 aromatic rings. The molecule has 0 spiro atoms. The van der Waals surface area contributed by atoms with Gasteiger partial charge in [0.25, 0.3) is 0 Å². The largest absolute Gasteiger partial charge is 0.493 e. The first-order valence-electron chi connectivity index (χ1n) is 10.6. The summed E-state index contributed by atoms with van der Waals surface area (Å²) >= 11 is 0. The third-order valence-corrected chi connectivity index (χ3v) is 6.31. The van der Waals surface area contributed by atoms with Crippen LogP contribution in [0.15, 0.2) is 29.1 Å². The van der Waals surface area contributed by atoms with E-state index in [-0.39, 0.29) is 11.5 Å². The number of methoxy groups -OCH3 is 3. The molecule has 4 rings (SSSR count). The summed E-state index contributed by atoms with van der Waals surface area (Å²) in [5, 5.41) is 3.40. The van der Waals surface area contributed by atoms with Gasteiger partial charge in [0.2, 0.25) is 11.2 Å². The summed E-state index contributed by atoms with van der Waals surface area (Å²) in [5.41, 5.74) is 4.95. The molecule has 1 unspecified atom stereocenters. The number of hydrogen-bond acceptors (Lipinski definition) is 6. The molecule has 6 heteroatoms. The number of fused-ring (bicyclic) bond motifs is 3. The Morgan fingerprint density at radius 3 is 2.37 bits per heavy atom. The fraction of sp³-hybridized carbons (Fsp3) is 0.458. The highest BCUT2D eigenvalue weighted by molar-refractivity contribution is 5.83. The fourth-order valence-corrected chi connectivity index (χ4v) is 4.82. The van der Waals surface area contributed by atoms with Crippen molar-refractivity contribution in [1.29, 1.82) is 0 Å². The summed E-state index contributed by atoms with van der Waals surface area (Å²) in [6.45, 7) is 1.87. The highest BCUT2D eigenvalue weighted by atomic mass is 16.5. The number of nitrogens with one attached hydrogen (secondary N) is 1. The molecule has 1 saturated heterocycles. The van der Waals surface area contributed by atoms with Crippen molar-refractivity contribution in [3.05, 3.63) is 45.6 Å². The first-order valence-corrected chi connectivity index (χ1v) is 10.6. The fourth-order valence-electron chi connectivity index (χ4n) is 4.82. The Kier molecular flexibility index (Phi) is 5.86. The van der Waals surface area contributed by atoms with Crippen LogP contribution < -0.4 is 29.9 Å². The SMILES string of the molecule is CNC1CCc2cc(OC)c(OC)c(OC)c2-c2ccc(N3CCCC3)c(=O)cc21. The second-order valence-corrected chi connectivity index (χ2v) is 7.85. The normalized spacial score (nSPS) is 17.7. The molecule has 1 aliphatic heterocycles. The van der Waals surface area contributed by atoms with Crippen LogP contribution in [-0.4, -0.2) is 41.5 Å². The van der Waals surface area contributed by atoms with Crippen LogP contribution in [0.25, 0.3) is 11.1 Å². The van der Waals surface area contributed by atoms with Gasteiger partial charge in [-0.05, 0) is 67.6 Å². The quantitative estimate of drug-likeness (QED) is 0.814. The van der Waals surface area contributed by atoms with E-state index in [1.807, 2.05) is 25.2 Å². The average molecular weight is 411 g/mol. The molecule has 1 N–H and O–H groups in total. The third kappa shape index (κ3) is 3.39. The molecule has 1 fully saturated rings. The zero-order valence-electron chi connectivity index (χ0n) is 18.2. The minimum Gasteiger partial charge on any atom is -0.493 e. The van der Waals surface area contributed by atoms with Gasteiger partial charge in [-0.25, -0.2) is 0 Å². The van der Waals surface area contributed by atoms with Crippen LogP contribution in [0.4, 0.5) is 5.69 Å². The van der Waals surface area contributed by atoms with Crippen LogP contribution in [0, 0.1) is 0 Å². The molecule has 0 bridgehead atoms. The van der Waals surface area contributed by atoms with E-state index in [1.54, 1.807) is 21.3 Å². The number of ether oxygens (including phenoxy) is 3. The van der Waals surface area contributed by atoms with E-state index in [0.717, 1.165) is 66.7 Å². The van der Waals surface area contributed by atoms with Crippen LogP contribution in [0.3, 0.4) is 0 Å².